The van der Waals surface area contributed by atoms with Crippen molar-refractivity contribution >= 4 is 5.91 Å². The summed E-state index contributed by atoms with van der Waals surface area (Å²) in [4.78, 5) is 26.1. The van der Waals surface area contributed by atoms with Gasteiger partial charge in [0.1, 0.15) is 11.4 Å². The Morgan fingerprint density at radius 1 is 1.23 bits per heavy atom. The Balaban J connectivity index is 2.13. The van der Waals surface area contributed by atoms with Gasteiger partial charge in [-0.1, -0.05) is 12.1 Å². The first-order valence-electron chi connectivity index (χ1n) is 6.96. The molecule has 0 saturated carbocycles. The third-order valence-electron chi connectivity index (χ3n) is 3.93. The number of amides is 1. The van der Waals surface area contributed by atoms with Crippen molar-refractivity contribution in [3.8, 4) is 11.1 Å². The molecule has 0 spiro atoms. The van der Waals surface area contributed by atoms with Gasteiger partial charge in [0.05, 0.1) is 6.04 Å². The van der Waals surface area contributed by atoms with Crippen molar-refractivity contribution in [2.24, 2.45) is 5.73 Å². The summed E-state index contributed by atoms with van der Waals surface area (Å²) in [6.07, 6.45) is 3.22. The third-order valence-corrected chi connectivity index (χ3v) is 3.93. The fourth-order valence-corrected chi connectivity index (χ4v) is 2.67. The lowest BCUT2D eigenvalue weighted by molar-refractivity contribution is 0.0996. The molecule has 2 heterocycles. The molecule has 1 fully saturated rings. The van der Waals surface area contributed by atoms with Crippen molar-refractivity contribution in [3.05, 3.63) is 58.3 Å². The van der Waals surface area contributed by atoms with E-state index in [0.717, 1.165) is 13.1 Å². The van der Waals surface area contributed by atoms with Crippen LogP contribution in [-0.4, -0.2) is 35.5 Å². The maximum Gasteiger partial charge on any atom is 0.254 e. The number of nitrogens with two attached hydrogens (primary N) is 1. The third kappa shape index (κ3) is 2.53. The molecule has 3 rings (SSSR count). The molecule has 0 radical (unpaired) electrons. The van der Waals surface area contributed by atoms with Crippen LogP contribution in [0.25, 0.3) is 11.1 Å². The highest BCUT2D eigenvalue weighted by Gasteiger charge is 2.26. The van der Waals surface area contributed by atoms with E-state index in [1.807, 2.05) is 11.6 Å². The van der Waals surface area contributed by atoms with E-state index in [1.165, 1.54) is 30.5 Å². The SMILES string of the molecule is CN1CC(n2cc(C(N)=O)c(=O)c(-c3ccc(F)cc3)c2)C1. The van der Waals surface area contributed by atoms with Crippen LogP contribution < -0.4 is 11.2 Å². The maximum absolute atomic E-state index is 13.1. The number of nitrogens with zero attached hydrogens (tertiary/aromatic N) is 2. The van der Waals surface area contributed by atoms with E-state index >= 15 is 0 Å². The van der Waals surface area contributed by atoms with Crippen molar-refractivity contribution < 1.29 is 9.18 Å². The minimum Gasteiger partial charge on any atom is -0.365 e. The molecule has 5 nitrogen and oxygen atoms in total. The molecule has 0 unspecified atom stereocenters. The Bertz CT molecular complexity index is 777. The van der Waals surface area contributed by atoms with Gasteiger partial charge in [-0.05, 0) is 24.7 Å². The van der Waals surface area contributed by atoms with Gasteiger partial charge in [0.25, 0.3) is 5.91 Å². The number of hydrogen-bond acceptors (Lipinski definition) is 3. The Morgan fingerprint density at radius 3 is 2.41 bits per heavy atom. The molecule has 114 valence electrons. The molecule has 22 heavy (non-hydrogen) atoms. The van der Waals surface area contributed by atoms with Crippen molar-refractivity contribution in [2.45, 2.75) is 6.04 Å². The maximum atomic E-state index is 13.1. The van der Waals surface area contributed by atoms with Gasteiger partial charge in [-0.3, -0.25) is 9.59 Å². The summed E-state index contributed by atoms with van der Waals surface area (Å²) in [6, 6.07) is 5.81. The Hall–Kier alpha value is -2.47. The Morgan fingerprint density at radius 2 is 1.86 bits per heavy atom. The number of hydrogen-bond donors (Lipinski definition) is 1. The Labute approximate surface area is 126 Å². The molecule has 1 aromatic carbocycles. The van der Waals surface area contributed by atoms with E-state index in [2.05, 4.69) is 4.90 Å². The zero-order chi connectivity index (χ0) is 15.9. The van der Waals surface area contributed by atoms with Crippen LogP contribution in [-0.2, 0) is 0 Å². The summed E-state index contributed by atoms with van der Waals surface area (Å²) >= 11 is 0. The molecule has 1 saturated heterocycles. The number of likely N-dealkylation sites (N-methyl/N-ethyl adjacent to an activating group) is 1. The number of carbonyl (C=O) groups excluding carboxylic acids is 1. The van der Waals surface area contributed by atoms with Gasteiger partial charge in [-0.15, -0.1) is 0 Å². The molecular formula is C16H16FN3O2. The van der Waals surface area contributed by atoms with Crippen LogP contribution >= 0.6 is 0 Å². The predicted octanol–water partition coefficient (Wildman–Crippen LogP) is 1.24. The molecule has 6 heteroatoms. The largest absolute Gasteiger partial charge is 0.365 e. The van der Waals surface area contributed by atoms with Crippen LogP contribution in [0.1, 0.15) is 16.4 Å². The molecule has 0 aliphatic carbocycles. The van der Waals surface area contributed by atoms with Gasteiger partial charge in [0, 0.05) is 31.0 Å². The number of aromatic nitrogens is 1. The second kappa shape index (κ2) is 5.38. The van der Waals surface area contributed by atoms with Crippen LogP contribution in [0.2, 0.25) is 0 Å². The monoisotopic (exact) mass is 301 g/mol. The zero-order valence-electron chi connectivity index (χ0n) is 12.1. The van der Waals surface area contributed by atoms with Crippen molar-refractivity contribution in [3.63, 3.8) is 0 Å². The number of pyridine rings is 1. The fourth-order valence-electron chi connectivity index (χ4n) is 2.67. The lowest BCUT2D eigenvalue weighted by Gasteiger charge is -2.38. The molecule has 1 aromatic heterocycles. The summed E-state index contributed by atoms with van der Waals surface area (Å²) in [5, 5.41) is 0. The van der Waals surface area contributed by atoms with Gasteiger partial charge in [0.2, 0.25) is 5.43 Å². The van der Waals surface area contributed by atoms with Gasteiger partial charge in [0.15, 0.2) is 0 Å². The van der Waals surface area contributed by atoms with E-state index in [4.69, 9.17) is 5.73 Å². The molecule has 1 amide bonds. The van der Waals surface area contributed by atoms with Gasteiger partial charge < -0.3 is 15.2 Å². The van der Waals surface area contributed by atoms with Crippen LogP contribution in [0.4, 0.5) is 4.39 Å². The molecule has 1 aliphatic heterocycles. The van der Waals surface area contributed by atoms with Crippen LogP contribution in [0, 0.1) is 5.82 Å². The highest BCUT2D eigenvalue weighted by atomic mass is 19.1. The number of benzene rings is 1. The summed E-state index contributed by atoms with van der Waals surface area (Å²) in [5.74, 6) is -1.13. The van der Waals surface area contributed by atoms with Gasteiger partial charge in [-0.2, -0.15) is 0 Å². The summed E-state index contributed by atoms with van der Waals surface area (Å²) in [7, 11) is 1.99. The number of likely N-dealkylation sites (tertiary alicyclic amines) is 1. The molecule has 0 bridgehead atoms. The van der Waals surface area contributed by atoms with Crippen molar-refractivity contribution in [1.29, 1.82) is 0 Å². The number of primary amides is 1. The lowest BCUT2D eigenvalue weighted by atomic mass is 10.0. The predicted molar refractivity (Wildman–Crippen MR) is 81.1 cm³/mol. The quantitative estimate of drug-likeness (QED) is 0.927. The summed E-state index contributed by atoms with van der Waals surface area (Å²) in [6.45, 7) is 1.67. The van der Waals surface area contributed by atoms with E-state index in [1.54, 1.807) is 6.20 Å². The fraction of sp³-hybridized carbons (Fsp3) is 0.250. The molecule has 1 aliphatic rings. The number of rotatable bonds is 3. The second-order valence-electron chi connectivity index (χ2n) is 5.61. The van der Waals surface area contributed by atoms with Crippen LogP contribution in [0.15, 0.2) is 41.5 Å². The van der Waals surface area contributed by atoms with Crippen molar-refractivity contribution in [2.75, 3.05) is 20.1 Å². The molecular weight excluding hydrogens is 285 g/mol. The Kier molecular flexibility index (Phi) is 3.54. The van der Waals surface area contributed by atoms with E-state index in [-0.39, 0.29) is 17.4 Å². The minimum absolute atomic E-state index is 0.0450. The minimum atomic E-state index is -0.754. The summed E-state index contributed by atoms with van der Waals surface area (Å²) < 4.78 is 14.9. The summed E-state index contributed by atoms with van der Waals surface area (Å²) in [5.41, 5.74) is 5.76. The normalized spacial score (nSPS) is 15.5. The topological polar surface area (TPSA) is 68.3 Å². The van der Waals surface area contributed by atoms with Crippen molar-refractivity contribution in [1.82, 2.24) is 9.47 Å². The van der Waals surface area contributed by atoms with Gasteiger partial charge in [-0.25, -0.2) is 4.39 Å². The molecule has 0 atom stereocenters. The first-order valence-corrected chi connectivity index (χ1v) is 6.96. The zero-order valence-corrected chi connectivity index (χ0v) is 12.1. The van der Waals surface area contributed by atoms with E-state index < -0.39 is 11.3 Å². The highest BCUT2D eigenvalue weighted by Crippen LogP contribution is 2.23. The second-order valence-corrected chi connectivity index (χ2v) is 5.61. The standard InChI is InChI=1S/C16H16FN3O2/c1-19-6-12(7-19)20-8-13(10-2-4-11(17)5-3-10)15(21)14(9-20)16(18)22/h2-5,8-9,12H,6-7H2,1H3,(H2,18,22). The van der Waals surface area contributed by atoms with Gasteiger partial charge >= 0.3 is 0 Å². The van der Waals surface area contributed by atoms with Crippen LogP contribution in [0.3, 0.4) is 0 Å². The van der Waals surface area contributed by atoms with E-state index in [9.17, 15) is 14.0 Å². The smallest absolute Gasteiger partial charge is 0.254 e. The first-order chi connectivity index (χ1) is 10.5. The lowest BCUT2D eigenvalue weighted by Crippen LogP contribution is -2.45. The highest BCUT2D eigenvalue weighted by molar-refractivity contribution is 5.93. The average molecular weight is 301 g/mol. The number of carbonyl (C=O) groups is 1. The van der Waals surface area contributed by atoms with Crippen LogP contribution in [0.5, 0.6) is 0 Å². The molecule has 2 aromatic rings. The van der Waals surface area contributed by atoms with E-state index in [0.29, 0.717) is 11.1 Å². The average Bonchev–Trinajstić information content (AvgIpc) is 2.45. The molecule has 2 N–H and O–H groups in total. The first kappa shape index (κ1) is 14.5. The number of halogens is 1.